The summed E-state index contributed by atoms with van der Waals surface area (Å²) in [6.45, 7) is 1.67. The summed E-state index contributed by atoms with van der Waals surface area (Å²) in [4.78, 5) is 28.7. The van der Waals surface area contributed by atoms with Crippen LogP contribution in [0.1, 0.15) is 72.5 Å². The molecule has 2 unspecified atom stereocenters. The maximum absolute atomic E-state index is 14.9. The van der Waals surface area contributed by atoms with Gasteiger partial charge in [0, 0.05) is 41.0 Å². The Labute approximate surface area is 206 Å². The van der Waals surface area contributed by atoms with Gasteiger partial charge in [-0.15, -0.1) is 0 Å². The second-order valence-electron chi connectivity index (χ2n) is 10.8. The maximum atomic E-state index is 14.9. The number of nitrogens with one attached hydrogen (secondary N) is 2. The van der Waals surface area contributed by atoms with Crippen LogP contribution in [0.4, 0.5) is 14.5 Å². The molecule has 9 heteroatoms. The van der Waals surface area contributed by atoms with Gasteiger partial charge in [-0.3, -0.25) is 9.59 Å². The minimum Gasteiger partial charge on any atom is -0.381 e. The van der Waals surface area contributed by atoms with E-state index in [9.17, 15) is 18.4 Å². The number of carbonyl (C=O) groups excluding carboxylic acids is 1. The first-order chi connectivity index (χ1) is 16.6. The largest absolute Gasteiger partial charge is 0.381 e. The molecule has 35 heavy (non-hydrogen) atoms. The average molecular weight is 503 g/mol. The van der Waals surface area contributed by atoms with Gasteiger partial charge in [0.25, 0.3) is 11.5 Å². The number of hydrogen-bond donors (Lipinski definition) is 2. The number of benzene rings is 1. The monoisotopic (exact) mass is 502 g/mol. The van der Waals surface area contributed by atoms with E-state index in [0.29, 0.717) is 23.2 Å². The lowest BCUT2D eigenvalue weighted by atomic mass is 9.49. The molecule has 6 nitrogen and oxygen atoms in total. The van der Waals surface area contributed by atoms with Gasteiger partial charge in [0.1, 0.15) is 11.7 Å². The van der Waals surface area contributed by atoms with E-state index in [2.05, 4.69) is 15.5 Å². The summed E-state index contributed by atoms with van der Waals surface area (Å²) >= 11 is 0. The first-order valence-electron chi connectivity index (χ1n) is 12.3. The first-order valence-corrected chi connectivity index (χ1v) is 12.9. The third-order valence-electron chi connectivity index (χ3n) is 8.19. The minimum atomic E-state index is -1.53. The molecule has 1 aromatic carbocycles. The zero-order valence-corrected chi connectivity index (χ0v) is 21.5. The van der Waals surface area contributed by atoms with Crippen molar-refractivity contribution < 1.29 is 13.6 Å². The zero-order chi connectivity index (χ0) is 25.1. The van der Waals surface area contributed by atoms with Crippen molar-refractivity contribution in [2.24, 2.45) is 5.92 Å². The number of carbonyl (C=O) groups is 1. The fourth-order valence-corrected chi connectivity index (χ4v) is 6.00. The summed E-state index contributed by atoms with van der Waals surface area (Å²) in [5, 5.41) is 6.27. The van der Waals surface area contributed by atoms with E-state index < -0.39 is 23.7 Å². The number of hydrogen-bond acceptors (Lipinski definition) is 4. The fourth-order valence-electron chi connectivity index (χ4n) is 5.75. The molecule has 3 atom stereocenters. The highest BCUT2D eigenvalue weighted by Gasteiger charge is 2.58. The Morgan fingerprint density at radius 3 is 2.46 bits per heavy atom. The van der Waals surface area contributed by atoms with Gasteiger partial charge in [0.15, 0.2) is 0 Å². The molecule has 4 aliphatic rings. The molecule has 4 aliphatic carbocycles. The highest BCUT2D eigenvalue weighted by molar-refractivity contribution is 7.16. The van der Waals surface area contributed by atoms with Crippen molar-refractivity contribution in [1.82, 2.24) is 14.8 Å². The molecule has 1 aromatic heterocycles. The maximum Gasteiger partial charge on any atom is 0.255 e. The summed E-state index contributed by atoms with van der Waals surface area (Å²) in [7, 11) is 6.04. The number of pyridine rings is 1. The Balaban J connectivity index is 1.42. The Morgan fingerprint density at radius 2 is 1.89 bits per heavy atom. The molecule has 0 saturated heterocycles. The van der Waals surface area contributed by atoms with Crippen LogP contribution in [0, 0.1) is 11.7 Å². The van der Waals surface area contributed by atoms with Gasteiger partial charge in [0.05, 0.1) is 17.3 Å². The van der Waals surface area contributed by atoms with E-state index in [4.69, 9.17) is 0 Å². The lowest BCUT2D eigenvalue weighted by Crippen LogP contribution is -2.62. The van der Waals surface area contributed by atoms with Crippen molar-refractivity contribution in [3.05, 3.63) is 63.3 Å². The summed E-state index contributed by atoms with van der Waals surface area (Å²) in [6, 6.07) is 6.02. The van der Waals surface area contributed by atoms with Crippen LogP contribution >= 0.6 is 9.24 Å². The van der Waals surface area contributed by atoms with Crippen molar-refractivity contribution >= 4 is 20.8 Å². The smallest absolute Gasteiger partial charge is 0.255 e. The Morgan fingerprint density at radius 1 is 1.23 bits per heavy atom. The molecule has 0 radical (unpaired) electrons. The first kappa shape index (κ1) is 24.4. The van der Waals surface area contributed by atoms with Crippen molar-refractivity contribution in [3.8, 4) is 0 Å². The Hall–Kier alpha value is -2.31. The highest BCUT2D eigenvalue weighted by Crippen LogP contribution is 2.61. The highest BCUT2D eigenvalue weighted by atomic mass is 31.0. The zero-order valence-electron chi connectivity index (χ0n) is 20.4. The number of nitrogens with zero attached hydrogens (tertiary/aromatic N) is 2. The molecule has 4 fully saturated rings. The van der Waals surface area contributed by atoms with Crippen LogP contribution < -0.4 is 16.2 Å². The van der Waals surface area contributed by atoms with Gasteiger partial charge in [-0.05, 0) is 59.0 Å². The molecule has 6 rings (SSSR count). The van der Waals surface area contributed by atoms with Crippen molar-refractivity contribution in [2.45, 2.75) is 68.6 Å². The van der Waals surface area contributed by atoms with E-state index in [1.807, 2.05) is 23.3 Å². The average Bonchev–Trinajstić information content (AvgIpc) is 2.69. The van der Waals surface area contributed by atoms with E-state index in [0.717, 1.165) is 32.1 Å². The molecule has 2 bridgehead atoms. The molecular weight excluding hydrogens is 469 g/mol. The van der Waals surface area contributed by atoms with Crippen molar-refractivity contribution in [2.75, 3.05) is 19.4 Å². The number of halogens is 2. The molecule has 1 heterocycles. The van der Waals surface area contributed by atoms with Gasteiger partial charge in [-0.2, -0.15) is 0 Å². The number of alkyl halides is 1. The van der Waals surface area contributed by atoms with Gasteiger partial charge < -0.3 is 20.1 Å². The molecule has 4 saturated carbocycles. The standard InChI is InChI=1S/C26H33F2N4O2P/c1-14(18-5-4-6-19(23(18)27)24(28)35)29-25(34)20-13-32(26-10-15(11-26)12-26)22(33)9-21(20)30-16-7-17(8-16)31(2)3/h4-6,9,13-17,24,30H,7-8,10-12,35H2,1-3H3,(H,29,34)/t14-,15?,16-,17+,24?,26?/m1/s1. The number of rotatable bonds is 8. The predicted molar refractivity (Wildman–Crippen MR) is 136 cm³/mol. The number of amides is 1. The van der Waals surface area contributed by atoms with Crippen LogP contribution in [0.2, 0.25) is 0 Å². The second-order valence-corrected chi connectivity index (χ2v) is 11.4. The number of aromatic nitrogens is 1. The van der Waals surface area contributed by atoms with Crippen LogP contribution in [0.3, 0.4) is 0 Å². The van der Waals surface area contributed by atoms with Gasteiger partial charge in [0.2, 0.25) is 0 Å². The number of anilines is 1. The minimum absolute atomic E-state index is 0.0615. The molecule has 1 amide bonds. The Bertz CT molecular complexity index is 1190. The molecule has 2 N–H and O–H groups in total. The van der Waals surface area contributed by atoms with Gasteiger partial charge >= 0.3 is 0 Å². The lowest BCUT2D eigenvalue weighted by Gasteiger charge is -2.62. The van der Waals surface area contributed by atoms with Gasteiger partial charge in [-0.1, -0.05) is 27.4 Å². The van der Waals surface area contributed by atoms with E-state index in [-0.39, 0.29) is 28.3 Å². The van der Waals surface area contributed by atoms with E-state index >= 15 is 0 Å². The van der Waals surface area contributed by atoms with Crippen LogP contribution in [-0.2, 0) is 5.54 Å². The van der Waals surface area contributed by atoms with Crippen molar-refractivity contribution in [1.29, 1.82) is 0 Å². The second kappa shape index (κ2) is 8.97. The quantitative estimate of drug-likeness (QED) is 0.528. The third kappa shape index (κ3) is 4.29. The van der Waals surface area contributed by atoms with Gasteiger partial charge in [-0.25, -0.2) is 8.78 Å². The van der Waals surface area contributed by atoms with Crippen LogP contribution in [0.25, 0.3) is 0 Å². The normalized spacial score (nSPS) is 28.4. The molecule has 188 valence electrons. The molecular formula is C26H33F2N4O2P. The summed E-state index contributed by atoms with van der Waals surface area (Å²) in [5.41, 5.74) is 0.771. The summed E-state index contributed by atoms with van der Waals surface area (Å²) in [6.07, 6.45) is 6.45. The molecule has 0 spiro atoms. The molecule has 0 aliphatic heterocycles. The fraction of sp³-hybridized carbons (Fsp3) is 0.538. The predicted octanol–water partition coefficient (Wildman–Crippen LogP) is 4.34. The van der Waals surface area contributed by atoms with Crippen LogP contribution in [-0.4, -0.2) is 41.6 Å². The Kier molecular flexibility index (Phi) is 6.25. The molecule has 2 aromatic rings. The topological polar surface area (TPSA) is 66.4 Å². The van der Waals surface area contributed by atoms with E-state index in [1.54, 1.807) is 29.8 Å². The summed E-state index contributed by atoms with van der Waals surface area (Å²) in [5.74, 6) is -1.90. The summed E-state index contributed by atoms with van der Waals surface area (Å²) < 4.78 is 30.4. The third-order valence-corrected chi connectivity index (χ3v) is 8.55. The van der Waals surface area contributed by atoms with Crippen LogP contribution in [0.5, 0.6) is 0 Å². The SMILES string of the molecule is C[C@@H](NC(=O)c1cn(C23CC(C2)C3)c(=O)cc1N[C@H]1C[C@@H](N(C)C)C1)c1cccc(C(F)P)c1F. The van der Waals surface area contributed by atoms with E-state index in [1.165, 1.54) is 12.1 Å². The van der Waals surface area contributed by atoms with Crippen LogP contribution in [0.15, 0.2) is 35.3 Å². The van der Waals surface area contributed by atoms with Crippen molar-refractivity contribution in [3.63, 3.8) is 0 Å². The lowest BCUT2D eigenvalue weighted by molar-refractivity contribution is -0.0914.